The molecule has 20 heavy (non-hydrogen) atoms. The van der Waals surface area contributed by atoms with Gasteiger partial charge in [0.2, 0.25) is 5.91 Å². The maximum Gasteiger partial charge on any atom is 0.238 e. The highest BCUT2D eigenvalue weighted by Gasteiger charge is 2.28. The molecule has 0 aliphatic rings. The largest absolute Gasteiger partial charge is 0.383 e. The molecule has 1 rings (SSSR count). The number of benzene rings is 1. The number of halogens is 1. The lowest BCUT2D eigenvalue weighted by molar-refractivity contribution is -0.120. The fraction of sp³-hybridized carbons (Fsp3) is 0.462. The molecule has 0 fully saturated rings. The number of hydrogen-bond donors (Lipinski definition) is 1. The maximum atomic E-state index is 13.5. The highest BCUT2D eigenvalue weighted by Crippen LogP contribution is 2.14. The third kappa shape index (κ3) is 4.57. The van der Waals surface area contributed by atoms with Crippen molar-refractivity contribution in [2.24, 2.45) is 0 Å². The molecule has 0 bridgehead atoms. The van der Waals surface area contributed by atoms with E-state index in [-0.39, 0.29) is 12.1 Å². The lowest BCUT2D eigenvalue weighted by Gasteiger charge is -2.13. The lowest BCUT2D eigenvalue weighted by Crippen LogP contribution is -2.39. The summed E-state index contributed by atoms with van der Waals surface area (Å²) >= 11 is 0. The molecule has 1 atom stereocenters. The summed E-state index contributed by atoms with van der Waals surface area (Å²) in [6.45, 7) is 1.82. The van der Waals surface area contributed by atoms with E-state index < -0.39 is 32.6 Å². The van der Waals surface area contributed by atoms with E-state index in [0.29, 0.717) is 6.61 Å². The smallest absolute Gasteiger partial charge is 0.238 e. The SMILES string of the molecule is COCCNC(=O)[C@H](C)S(=O)(=O)Cc1ccccc1F. The first-order valence-corrected chi connectivity index (χ1v) is 7.81. The Bertz CT molecular complexity index is 559. The van der Waals surface area contributed by atoms with Gasteiger partial charge >= 0.3 is 0 Å². The minimum absolute atomic E-state index is 0.0593. The molecular weight excluding hydrogens is 285 g/mol. The molecule has 1 amide bonds. The number of amides is 1. The second-order valence-corrected chi connectivity index (χ2v) is 6.65. The number of rotatable bonds is 7. The van der Waals surface area contributed by atoms with E-state index in [0.717, 1.165) is 0 Å². The van der Waals surface area contributed by atoms with Gasteiger partial charge in [0.25, 0.3) is 0 Å². The van der Waals surface area contributed by atoms with Crippen molar-refractivity contribution in [3.63, 3.8) is 0 Å². The molecular formula is C13H18FNO4S. The van der Waals surface area contributed by atoms with Gasteiger partial charge < -0.3 is 10.1 Å². The molecule has 0 heterocycles. The first-order chi connectivity index (χ1) is 9.38. The summed E-state index contributed by atoms with van der Waals surface area (Å²) in [5, 5.41) is 1.22. The van der Waals surface area contributed by atoms with Crippen LogP contribution in [0.2, 0.25) is 0 Å². The summed E-state index contributed by atoms with van der Waals surface area (Å²) < 4.78 is 42.3. The highest BCUT2D eigenvalue weighted by molar-refractivity contribution is 7.92. The summed E-state index contributed by atoms with van der Waals surface area (Å²) in [4.78, 5) is 11.7. The van der Waals surface area contributed by atoms with Gasteiger partial charge in [-0.15, -0.1) is 0 Å². The average Bonchev–Trinajstić information content (AvgIpc) is 2.40. The van der Waals surface area contributed by atoms with Crippen LogP contribution in [0.25, 0.3) is 0 Å². The van der Waals surface area contributed by atoms with Gasteiger partial charge in [0.05, 0.1) is 12.4 Å². The summed E-state index contributed by atoms with van der Waals surface area (Å²) in [5.41, 5.74) is 0.0593. The quantitative estimate of drug-likeness (QED) is 0.759. The van der Waals surface area contributed by atoms with Crippen molar-refractivity contribution in [2.45, 2.75) is 17.9 Å². The van der Waals surface area contributed by atoms with E-state index >= 15 is 0 Å². The van der Waals surface area contributed by atoms with Gasteiger partial charge in [0.1, 0.15) is 11.1 Å². The molecule has 112 valence electrons. The number of carbonyl (C=O) groups is 1. The molecule has 0 saturated carbocycles. The summed E-state index contributed by atoms with van der Waals surface area (Å²) in [6.07, 6.45) is 0. The topological polar surface area (TPSA) is 72.5 Å². The molecule has 0 saturated heterocycles. The van der Waals surface area contributed by atoms with Crippen LogP contribution >= 0.6 is 0 Å². The van der Waals surface area contributed by atoms with Gasteiger partial charge in [-0.05, 0) is 13.0 Å². The summed E-state index contributed by atoms with van der Waals surface area (Å²) in [6, 6.07) is 5.61. The highest BCUT2D eigenvalue weighted by atomic mass is 32.2. The van der Waals surface area contributed by atoms with E-state index in [4.69, 9.17) is 4.74 Å². The predicted octanol–water partition coefficient (Wildman–Crippen LogP) is 0.892. The molecule has 7 heteroatoms. The van der Waals surface area contributed by atoms with Crippen LogP contribution < -0.4 is 5.32 Å². The first kappa shape index (κ1) is 16.6. The first-order valence-electron chi connectivity index (χ1n) is 6.10. The van der Waals surface area contributed by atoms with Crippen molar-refractivity contribution in [3.05, 3.63) is 35.6 Å². The van der Waals surface area contributed by atoms with Crippen LogP contribution in [0.5, 0.6) is 0 Å². The standard InChI is InChI=1S/C13H18FNO4S/c1-10(13(16)15-7-8-19-2)20(17,18)9-11-5-3-4-6-12(11)14/h3-6,10H,7-9H2,1-2H3,(H,15,16)/t10-/m0/s1. The second kappa shape index (κ2) is 7.35. The van der Waals surface area contributed by atoms with Crippen molar-refractivity contribution in [1.29, 1.82) is 0 Å². The third-order valence-electron chi connectivity index (χ3n) is 2.83. The van der Waals surface area contributed by atoms with Gasteiger partial charge in [-0.1, -0.05) is 18.2 Å². The minimum Gasteiger partial charge on any atom is -0.383 e. The average molecular weight is 303 g/mol. The minimum atomic E-state index is -3.77. The van der Waals surface area contributed by atoms with E-state index in [1.54, 1.807) is 6.07 Å². The summed E-state index contributed by atoms with van der Waals surface area (Å²) in [5.74, 6) is -1.71. The van der Waals surface area contributed by atoms with Crippen LogP contribution in [0.3, 0.4) is 0 Å². The predicted molar refractivity (Wildman–Crippen MR) is 73.4 cm³/mol. The van der Waals surface area contributed by atoms with Crippen LogP contribution in [-0.4, -0.2) is 39.8 Å². The van der Waals surface area contributed by atoms with Crippen LogP contribution in [-0.2, 0) is 25.1 Å². The molecule has 0 spiro atoms. The number of sulfone groups is 1. The van der Waals surface area contributed by atoms with E-state index in [9.17, 15) is 17.6 Å². The molecule has 0 aliphatic heterocycles. The van der Waals surface area contributed by atoms with E-state index in [1.165, 1.54) is 32.2 Å². The Balaban J connectivity index is 2.73. The third-order valence-corrected chi connectivity index (χ3v) is 4.83. The molecule has 1 aromatic carbocycles. The Morgan fingerprint density at radius 3 is 2.65 bits per heavy atom. The van der Waals surface area contributed by atoms with E-state index in [2.05, 4.69) is 5.32 Å². The van der Waals surface area contributed by atoms with Gasteiger partial charge in [-0.3, -0.25) is 4.79 Å². The normalized spacial score (nSPS) is 12.9. The van der Waals surface area contributed by atoms with Crippen molar-refractivity contribution in [3.8, 4) is 0 Å². The van der Waals surface area contributed by atoms with Gasteiger partial charge in [-0.2, -0.15) is 0 Å². The van der Waals surface area contributed by atoms with E-state index in [1.807, 2.05) is 0 Å². The maximum absolute atomic E-state index is 13.5. The van der Waals surface area contributed by atoms with Crippen molar-refractivity contribution in [2.75, 3.05) is 20.3 Å². The Labute approximate surface area is 118 Å². The fourth-order valence-electron chi connectivity index (χ4n) is 1.54. The molecule has 5 nitrogen and oxygen atoms in total. The van der Waals surface area contributed by atoms with Crippen molar-refractivity contribution >= 4 is 15.7 Å². The van der Waals surface area contributed by atoms with Gasteiger partial charge in [-0.25, -0.2) is 12.8 Å². The zero-order valence-electron chi connectivity index (χ0n) is 11.4. The zero-order valence-corrected chi connectivity index (χ0v) is 12.2. The monoisotopic (exact) mass is 303 g/mol. The Morgan fingerprint density at radius 2 is 2.05 bits per heavy atom. The van der Waals surface area contributed by atoms with Crippen molar-refractivity contribution in [1.82, 2.24) is 5.32 Å². The Morgan fingerprint density at radius 1 is 1.40 bits per heavy atom. The van der Waals surface area contributed by atoms with Gasteiger partial charge in [0, 0.05) is 19.2 Å². The van der Waals surface area contributed by atoms with Crippen LogP contribution in [0.4, 0.5) is 4.39 Å². The number of hydrogen-bond acceptors (Lipinski definition) is 4. The lowest BCUT2D eigenvalue weighted by atomic mass is 10.2. The summed E-state index contributed by atoms with van der Waals surface area (Å²) in [7, 11) is -2.29. The number of ether oxygens (including phenoxy) is 1. The van der Waals surface area contributed by atoms with Crippen LogP contribution in [0, 0.1) is 5.82 Å². The van der Waals surface area contributed by atoms with Crippen LogP contribution in [0.15, 0.2) is 24.3 Å². The molecule has 0 aromatic heterocycles. The molecule has 0 aliphatic carbocycles. The molecule has 0 unspecified atom stereocenters. The van der Waals surface area contributed by atoms with Gasteiger partial charge in [0.15, 0.2) is 9.84 Å². The molecule has 1 aromatic rings. The second-order valence-electron chi connectivity index (χ2n) is 4.32. The number of carbonyl (C=O) groups excluding carboxylic acids is 1. The molecule has 0 radical (unpaired) electrons. The number of nitrogens with one attached hydrogen (secondary N) is 1. The number of methoxy groups -OCH3 is 1. The van der Waals surface area contributed by atoms with Crippen molar-refractivity contribution < 1.29 is 22.3 Å². The van der Waals surface area contributed by atoms with Crippen LogP contribution in [0.1, 0.15) is 12.5 Å². The molecule has 1 N–H and O–H groups in total. The Kier molecular flexibility index (Phi) is 6.09. The Hall–Kier alpha value is -1.47. The zero-order chi connectivity index (χ0) is 15.2. The fourth-order valence-corrected chi connectivity index (χ4v) is 2.87.